The first-order chi connectivity index (χ1) is 14.0. The molecule has 156 valence electrons. The minimum atomic E-state index is -0.192. The number of aryl methyl sites for hydroxylation is 1. The van der Waals surface area contributed by atoms with Crippen LogP contribution in [-0.2, 0) is 18.4 Å². The van der Waals surface area contributed by atoms with Crippen LogP contribution in [0.5, 0.6) is 11.5 Å². The summed E-state index contributed by atoms with van der Waals surface area (Å²) in [6.07, 6.45) is 4.44. The van der Waals surface area contributed by atoms with Gasteiger partial charge in [0.25, 0.3) is 5.91 Å². The lowest BCUT2D eigenvalue weighted by atomic mass is 10.1. The summed E-state index contributed by atoms with van der Waals surface area (Å²) in [5.74, 6) is 0.783. The third kappa shape index (κ3) is 5.95. The smallest absolute Gasteiger partial charge is 0.255 e. The molecule has 2 N–H and O–H groups in total. The van der Waals surface area contributed by atoms with E-state index < -0.39 is 0 Å². The summed E-state index contributed by atoms with van der Waals surface area (Å²) in [5.41, 5.74) is 1.48. The maximum Gasteiger partial charge on any atom is 0.255 e. The Morgan fingerprint density at radius 1 is 1.24 bits per heavy atom. The number of aromatic nitrogens is 2. The lowest BCUT2D eigenvalue weighted by Gasteiger charge is -2.22. The van der Waals surface area contributed by atoms with Crippen LogP contribution in [-0.4, -0.2) is 66.4 Å². The van der Waals surface area contributed by atoms with Crippen molar-refractivity contribution >= 4 is 11.8 Å². The Labute approximate surface area is 170 Å². The Bertz CT molecular complexity index is 851. The minimum Gasteiger partial charge on any atom is -0.497 e. The molecule has 2 aromatic rings. The van der Waals surface area contributed by atoms with E-state index in [-0.39, 0.29) is 25.0 Å². The molecule has 2 amide bonds. The van der Waals surface area contributed by atoms with Crippen LogP contribution in [0, 0.1) is 0 Å². The number of carbonyl (C=O) groups excluding carboxylic acids is 2. The number of methoxy groups -OCH3 is 1. The lowest BCUT2D eigenvalue weighted by molar-refractivity contribution is -0.122. The van der Waals surface area contributed by atoms with E-state index in [0.717, 1.165) is 5.56 Å². The van der Waals surface area contributed by atoms with Crippen LogP contribution in [0.4, 0.5) is 0 Å². The first-order valence-electron chi connectivity index (χ1n) is 9.61. The van der Waals surface area contributed by atoms with Gasteiger partial charge in [0.15, 0.2) is 0 Å². The molecule has 1 aromatic carbocycles. The third-order valence-corrected chi connectivity index (χ3v) is 4.58. The first-order valence-corrected chi connectivity index (χ1v) is 9.61. The molecule has 2 heterocycles. The summed E-state index contributed by atoms with van der Waals surface area (Å²) in [6.45, 7) is 2.66. The van der Waals surface area contributed by atoms with Gasteiger partial charge in [-0.25, -0.2) is 0 Å². The van der Waals surface area contributed by atoms with Crippen LogP contribution in [0.1, 0.15) is 22.3 Å². The Morgan fingerprint density at radius 2 is 2.10 bits per heavy atom. The number of benzene rings is 1. The average Bonchev–Trinajstić information content (AvgIpc) is 3.12. The molecule has 29 heavy (non-hydrogen) atoms. The summed E-state index contributed by atoms with van der Waals surface area (Å²) in [5, 5.41) is 9.97. The molecule has 0 unspecified atom stereocenters. The molecule has 1 aliphatic heterocycles. The number of rotatable bonds is 3. The van der Waals surface area contributed by atoms with Crippen molar-refractivity contribution in [2.24, 2.45) is 7.05 Å². The van der Waals surface area contributed by atoms with Gasteiger partial charge in [-0.05, 0) is 18.6 Å². The van der Waals surface area contributed by atoms with E-state index >= 15 is 0 Å². The van der Waals surface area contributed by atoms with Gasteiger partial charge in [-0.2, -0.15) is 5.10 Å². The number of fused-ring (bicyclic) bond motifs is 1. The SMILES string of the molecule is COc1ccc2c(c1)OCCNC(=O)CN(Cc1cnn(C)c1)CCCNC2=O. The summed E-state index contributed by atoms with van der Waals surface area (Å²) in [4.78, 5) is 27.0. The number of nitrogens with zero attached hydrogens (tertiary/aromatic N) is 3. The topological polar surface area (TPSA) is 97.7 Å². The highest BCUT2D eigenvalue weighted by atomic mass is 16.5. The van der Waals surface area contributed by atoms with E-state index in [9.17, 15) is 9.59 Å². The monoisotopic (exact) mass is 401 g/mol. The van der Waals surface area contributed by atoms with Crippen LogP contribution < -0.4 is 20.1 Å². The summed E-state index contributed by atoms with van der Waals surface area (Å²) < 4.78 is 12.7. The fourth-order valence-corrected chi connectivity index (χ4v) is 3.17. The van der Waals surface area contributed by atoms with E-state index in [1.165, 1.54) is 0 Å². The van der Waals surface area contributed by atoms with Gasteiger partial charge in [-0.15, -0.1) is 0 Å². The van der Waals surface area contributed by atoms with E-state index in [1.807, 2.05) is 18.1 Å². The van der Waals surface area contributed by atoms with Gasteiger partial charge in [0.2, 0.25) is 5.91 Å². The maximum absolute atomic E-state index is 12.6. The van der Waals surface area contributed by atoms with Crippen molar-refractivity contribution in [3.8, 4) is 11.5 Å². The Kier molecular flexibility index (Phi) is 7.07. The predicted octanol–water partition coefficient (Wildman–Crippen LogP) is 0.559. The zero-order chi connectivity index (χ0) is 20.6. The van der Waals surface area contributed by atoms with E-state index in [0.29, 0.717) is 49.7 Å². The Hall–Kier alpha value is -3.07. The fraction of sp³-hybridized carbons (Fsp3) is 0.450. The second-order valence-electron chi connectivity index (χ2n) is 6.90. The zero-order valence-electron chi connectivity index (χ0n) is 16.8. The summed E-state index contributed by atoms with van der Waals surface area (Å²) >= 11 is 0. The maximum atomic E-state index is 12.6. The highest BCUT2D eigenvalue weighted by Gasteiger charge is 2.16. The van der Waals surface area contributed by atoms with Crippen molar-refractivity contribution < 1.29 is 19.1 Å². The molecule has 1 aliphatic rings. The zero-order valence-corrected chi connectivity index (χ0v) is 16.8. The Balaban J connectivity index is 1.69. The number of hydrogen-bond donors (Lipinski definition) is 2. The van der Waals surface area contributed by atoms with Crippen molar-refractivity contribution in [1.82, 2.24) is 25.3 Å². The molecular formula is C20H27N5O4. The number of amides is 2. The van der Waals surface area contributed by atoms with Gasteiger partial charge < -0.3 is 20.1 Å². The molecule has 9 heteroatoms. The summed E-state index contributed by atoms with van der Waals surface area (Å²) in [7, 11) is 3.42. The van der Waals surface area contributed by atoms with E-state index in [4.69, 9.17) is 9.47 Å². The number of ether oxygens (including phenoxy) is 2. The number of nitrogens with one attached hydrogen (secondary N) is 2. The van der Waals surface area contributed by atoms with Gasteiger partial charge in [0, 0.05) is 44.5 Å². The quantitative estimate of drug-likeness (QED) is 0.780. The molecule has 0 spiro atoms. The van der Waals surface area contributed by atoms with Crippen molar-refractivity contribution in [1.29, 1.82) is 0 Å². The molecule has 0 bridgehead atoms. The lowest BCUT2D eigenvalue weighted by Crippen LogP contribution is -2.40. The van der Waals surface area contributed by atoms with Gasteiger partial charge in [-0.1, -0.05) is 0 Å². The number of carbonyl (C=O) groups is 2. The second-order valence-corrected chi connectivity index (χ2v) is 6.90. The van der Waals surface area contributed by atoms with Gasteiger partial charge in [-0.3, -0.25) is 19.2 Å². The molecule has 0 radical (unpaired) electrons. The first kappa shape index (κ1) is 20.7. The second kappa shape index (κ2) is 9.92. The highest BCUT2D eigenvalue weighted by Crippen LogP contribution is 2.25. The van der Waals surface area contributed by atoms with Crippen molar-refractivity contribution in [3.05, 3.63) is 41.7 Å². The molecule has 0 saturated heterocycles. The molecule has 1 aromatic heterocycles. The van der Waals surface area contributed by atoms with Crippen LogP contribution >= 0.6 is 0 Å². The van der Waals surface area contributed by atoms with Crippen LogP contribution in [0.15, 0.2) is 30.6 Å². The molecule has 0 atom stereocenters. The predicted molar refractivity (Wildman–Crippen MR) is 107 cm³/mol. The fourth-order valence-electron chi connectivity index (χ4n) is 3.17. The average molecular weight is 401 g/mol. The van der Waals surface area contributed by atoms with E-state index in [2.05, 4.69) is 15.7 Å². The van der Waals surface area contributed by atoms with Crippen molar-refractivity contribution in [3.63, 3.8) is 0 Å². The highest BCUT2D eigenvalue weighted by molar-refractivity contribution is 5.97. The van der Waals surface area contributed by atoms with Crippen molar-refractivity contribution in [2.45, 2.75) is 13.0 Å². The summed E-state index contributed by atoms with van der Waals surface area (Å²) in [6, 6.07) is 5.09. The normalized spacial score (nSPS) is 16.8. The molecule has 9 nitrogen and oxygen atoms in total. The molecule has 3 rings (SSSR count). The van der Waals surface area contributed by atoms with E-state index in [1.54, 1.807) is 36.2 Å². The standard InChI is InChI=1S/C20H27N5O4/c1-24-12-15(11-23-24)13-25-8-3-6-22-20(27)17-5-4-16(28-2)10-18(17)29-9-7-21-19(26)14-25/h4-5,10-12H,3,6-9,13-14H2,1-2H3,(H,21,26)(H,22,27). The Morgan fingerprint density at radius 3 is 2.86 bits per heavy atom. The van der Waals surface area contributed by atoms with Crippen LogP contribution in [0.2, 0.25) is 0 Å². The van der Waals surface area contributed by atoms with Gasteiger partial charge in [0.05, 0.1) is 32.0 Å². The molecule has 0 aliphatic carbocycles. The van der Waals surface area contributed by atoms with Gasteiger partial charge >= 0.3 is 0 Å². The molecule has 0 fully saturated rings. The number of hydrogen-bond acceptors (Lipinski definition) is 6. The van der Waals surface area contributed by atoms with Crippen LogP contribution in [0.3, 0.4) is 0 Å². The van der Waals surface area contributed by atoms with Crippen molar-refractivity contribution in [2.75, 3.05) is 39.9 Å². The van der Waals surface area contributed by atoms with Gasteiger partial charge in [0.1, 0.15) is 18.1 Å². The largest absolute Gasteiger partial charge is 0.497 e. The minimum absolute atomic E-state index is 0.0653. The van der Waals surface area contributed by atoms with Crippen LogP contribution in [0.25, 0.3) is 0 Å². The molecule has 0 saturated carbocycles. The molecular weight excluding hydrogens is 374 g/mol. The third-order valence-electron chi connectivity index (χ3n) is 4.58.